The van der Waals surface area contributed by atoms with Crippen LogP contribution in [0.4, 0.5) is 0 Å². The van der Waals surface area contributed by atoms with Crippen molar-refractivity contribution in [2.45, 2.75) is 0 Å². The van der Waals surface area contributed by atoms with Crippen LogP contribution in [0.5, 0.6) is 0 Å². The predicted molar refractivity (Wildman–Crippen MR) is 105 cm³/mol. The zero-order valence-electron chi connectivity index (χ0n) is 13.7. The van der Waals surface area contributed by atoms with Gasteiger partial charge in [-0.05, 0) is 46.3 Å². The average Bonchev–Trinajstić information content (AvgIpc) is 2.95. The van der Waals surface area contributed by atoms with Crippen LogP contribution in [-0.4, -0.2) is 21.4 Å². The Morgan fingerprint density at radius 1 is 1.19 bits per heavy atom. The number of halogens is 2. The molecule has 0 spiro atoms. The second kappa shape index (κ2) is 7.72. The third kappa shape index (κ3) is 4.30. The number of pyridine rings is 1. The van der Waals surface area contributed by atoms with Crippen LogP contribution in [0.1, 0.15) is 16.2 Å². The van der Waals surface area contributed by atoms with Gasteiger partial charge >= 0.3 is 0 Å². The zero-order chi connectivity index (χ0) is 18.7. The topological polar surface area (TPSA) is 76.0 Å². The van der Waals surface area contributed by atoms with Gasteiger partial charge < -0.3 is 4.57 Å². The fourth-order valence-electron chi connectivity index (χ4n) is 2.33. The van der Waals surface area contributed by atoms with Crippen molar-refractivity contribution in [1.82, 2.24) is 20.4 Å². The third-order valence-corrected chi connectivity index (χ3v) is 4.25. The number of rotatable bonds is 3. The number of nitrogens with zero attached hydrogens (tertiary/aromatic N) is 2. The molecule has 0 atom stereocenters. The van der Waals surface area contributed by atoms with Crippen LogP contribution in [0.2, 0.25) is 5.02 Å². The van der Waals surface area contributed by atoms with Gasteiger partial charge in [0.1, 0.15) is 5.69 Å². The molecule has 0 aliphatic carbocycles. The average molecular weight is 434 g/mol. The first-order valence-electron chi connectivity index (χ1n) is 7.59. The van der Waals surface area contributed by atoms with Gasteiger partial charge in [-0.15, -0.1) is 0 Å². The van der Waals surface area contributed by atoms with E-state index in [2.05, 4.69) is 31.8 Å². The summed E-state index contributed by atoms with van der Waals surface area (Å²) in [4.78, 5) is 28.3. The largest absolute Gasteiger partial charge is 0.345 e. The minimum absolute atomic E-state index is 0.411. The zero-order valence-corrected chi connectivity index (χ0v) is 16.0. The van der Waals surface area contributed by atoms with E-state index in [1.165, 1.54) is 6.08 Å². The standard InChI is InChI=1S/C18H14BrClN4O2/c1-24-10-12(19)8-16(24)18(26)23-22-17(25)7-6-14-5-3-11-2-4-13(20)9-15(11)21-14/h2-10H,1H3,(H,22,25)(H,23,26)/b7-6+. The monoisotopic (exact) mass is 432 g/mol. The molecule has 0 saturated carbocycles. The van der Waals surface area contributed by atoms with Crippen LogP contribution in [0.15, 0.2) is 53.1 Å². The minimum atomic E-state index is -0.473. The minimum Gasteiger partial charge on any atom is -0.345 e. The van der Waals surface area contributed by atoms with Gasteiger partial charge in [0.25, 0.3) is 11.8 Å². The number of nitrogens with one attached hydrogen (secondary N) is 2. The van der Waals surface area contributed by atoms with Crippen LogP contribution in [-0.2, 0) is 11.8 Å². The molecule has 0 saturated heterocycles. The lowest BCUT2D eigenvalue weighted by molar-refractivity contribution is -0.117. The number of carbonyl (C=O) groups is 2. The van der Waals surface area contributed by atoms with E-state index >= 15 is 0 Å². The normalized spacial score (nSPS) is 11.0. The lowest BCUT2D eigenvalue weighted by Crippen LogP contribution is -2.41. The molecule has 8 heteroatoms. The van der Waals surface area contributed by atoms with Crippen LogP contribution < -0.4 is 10.9 Å². The maximum atomic E-state index is 12.0. The maximum absolute atomic E-state index is 12.0. The molecule has 0 aliphatic heterocycles. The van der Waals surface area contributed by atoms with Gasteiger partial charge in [-0.25, -0.2) is 4.98 Å². The van der Waals surface area contributed by atoms with Crippen molar-refractivity contribution in [1.29, 1.82) is 0 Å². The van der Waals surface area contributed by atoms with Crippen molar-refractivity contribution >= 4 is 56.3 Å². The molecule has 0 bridgehead atoms. The number of hydrogen-bond donors (Lipinski definition) is 2. The molecule has 2 aromatic heterocycles. The van der Waals surface area contributed by atoms with Crippen LogP contribution in [0.25, 0.3) is 17.0 Å². The molecule has 2 heterocycles. The summed E-state index contributed by atoms with van der Waals surface area (Å²) in [6.45, 7) is 0. The Kier molecular flexibility index (Phi) is 5.39. The molecular weight excluding hydrogens is 420 g/mol. The van der Waals surface area contributed by atoms with Gasteiger partial charge in [0.2, 0.25) is 0 Å². The molecule has 26 heavy (non-hydrogen) atoms. The number of hydrogen-bond acceptors (Lipinski definition) is 3. The van der Waals surface area contributed by atoms with E-state index in [0.717, 1.165) is 15.4 Å². The Balaban J connectivity index is 1.62. The second-order valence-corrected chi connectivity index (χ2v) is 6.86. The summed E-state index contributed by atoms with van der Waals surface area (Å²) in [5.41, 5.74) is 6.44. The van der Waals surface area contributed by atoms with E-state index in [9.17, 15) is 9.59 Å². The molecule has 0 aliphatic rings. The number of hydrazine groups is 1. The third-order valence-electron chi connectivity index (χ3n) is 3.58. The van der Waals surface area contributed by atoms with Crippen molar-refractivity contribution in [2.75, 3.05) is 0 Å². The Hall–Kier alpha value is -2.64. The van der Waals surface area contributed by atoms with Crippen LogP contribution in [0.3, 0.4) is 0 Å². The van der Waals surface area contributed by atoms with Gasteiger partial charge in [0.05, 0.1) is 11.2 Å². The Morgan fingerprint density at radius 3 is 2.69 bits per heavy atom. The first-order valence-corrected chi connectivity index (χ1v) is 8.76. The van der Waals surface area contributed by atoms with E-state index < -0.39 is 11.8 Å². The highest BCUT2D eigenvalue weighted by Crippen LogP contribution is 2.18. The summed E-state index contributed by atoms with van der Waals surface area (Å²) in [5.74, 6) is -0.891. The lowest BCUT2D eigenvalue weighted by atomic mass is 10.2. The molecule has 3 aromatic rings. The highest BCUT2D eigenvalue weighted by Gasteiger charge is 2.11. The summed E-state index contributed by atoms with van der Waals surface area (Å²) < 4.78 is 2.42. The molecule has 6 nitrogen and oxygen atoms in total. The van der Waals surface area contributed by atoms with Gasteiger partial charge in [0.15, 0.2) is 0 Å². The van der Waals surface area contributed by atoms with Crippen LogP contribution in [0, 0.1) is 0 Å². The number of aromatic nitrogens is 2. The quantitative estimate of drug-likeness (QED) is 0.490. The van der Waals surface area contributed by atoms with Crippen molar-refractivity contribution in [3.63, 3.8) is 0 Å². The highest BCUT2D eigenvalue weighted by molar-refractivity contribution is 9.10. The van der Waals surface area contributed by atoms with Crippen LogP contribution >= 0.6 is 27.5 Å². The first-order chi connectivity index (χ1) is 12.4. The summed E-state index contributed by atoms with van der Waals surface area (Å²) in [7, 11) is 1.74. The molecule has 0 radical (unpaired) electrons. The van der Waals surface area contributed by atoms with Gasteiger partial charge in [-0.1, -0.05) is 23.7 Å². The number of carbonyl (C=O) groups excluding carboxylic acids is 2. The van der Waals surface area contributed by atoms with E-state index in [4.69, 9.17) is 11.6 Å². The highest BCUT2D eigenvalue weighted by atomic mass is 79.9. The molecule has 2 amide bonds. The summed E-state index contributed by atoms with van der Waals surface area (Å²) >= 11 is 9.25. The predicted octanol–water partition coefficient (Wildman–Crippen LogP) is 3.46. The van der Waals surface area contributed by atoms with E-state index in [1.54, 1.807) is 48.2 Å². The fraction of sp³-hybridized carbons (Fsp3) is 0.0556. The number of fused-ring (bicyclic) bond motifs is 1. The van der Waals surface area contributed by atoms with Gasteiger partial charge in [-0.3, -0.25) is 20.4 Å². The first kappa shape index (κ1) is 18.2. The molecule has 1 aromatic carbocycles. The Labute approximate surface area is 163 Å². The summed E-state index contributed by atoms with van der Waals surface area (Å²) in [6, 6.07) is 10.8. The van der Waals surface area contributed by atoms with Crippen molar-refractivity contribution in [3.05, 3.63) is 69.6 Å². The van der Waals surface area contributed by atoms with E-state index in [-0.39, 0.29) is 0 Å². The maximum Gasteiger partial charge on any atom is 0.286 e. The molecule has 3 rings (SSSR count). The fourth-order valence-corrected chi connectivity index (χ4v) is 3.02. The van der Waals surface area contributed by atoms with Gasteiger partial charge in [0, 0.05) is 34.2 Å². The molecular formula is C18H14BrClN4O2. The molecule has 2 N–H and O–H groups in total. The lowest BCUT2D eigenvalue weighted by Gasteiger charge is -2.05. The van der Waals surface area contributed by atoms with Crippen molar-refractivity contribution in [3.8, 4) is 0 Å². The molecule has 0 fully saturated rings. The van der Waals surface area contributed by atoms with E-state index in [1.807, 2.05) is 12.1 Å². The summed E-state index contributed by atoms with van der Waals surface area (Å²) in [5, 5.41) is 1.55. The number of aryl methyl sites for hydroxylation is 1. The second-order valence-electron chi connectivity index (χ2n) is 5.50. The molecule has 0 unspecified atom stereocenters. The smallest absolute Gasteiger partial charge is 0.286 e. The number of benzene rings is 1. The van der Waals surface area contributed by atoms with Crippen molar-refractivity contribution in [2.24, 2.45) is 7.05 Å². The van der Waals surface area contributed by atoms with E-state index in [0.29, 0.717) is 16.4 Å². The Bertz CT molecular complexity index is 1030. The van der Waals surface area contributed by atoms with Crippen molar-refractivity contribution < 1.29 is 9.59 Å². The van der Waals surface area contributed by atoms with Gasteiger partial charge in [-0.2, -0.15) is 0 Å². The number of amides is 2. The Morgan fingerprint density at radius 2 is 1.96 bits per heavy atom. The SMILES string of the molecule is Cn1cc(Br)cc1C(=O)NNC(=O)/C=C/c1ccc2ccc(Cl)cc2n1. The molecule has 132 valence electrons. The summed E-state index contributed by atoms with van der Waals surface area (Å²) in [6.07, 6.45) is 4.59.